The molecule has 104 valence electrons. The Balaban J connectivity index is 1.67. The van der Waals surface area contributed by atoms with Crippen LogP contribution in [0.2, 0.25) is 0 Å². The quantitative estimate of drug-likeness (QED) is 0.640. The van der Waals surface area contributed by atoms with Crippen LogP contribution in [0.5, 0.6) is 0 Å². The molecule has 0 saturated heterocycles. The van der Waals surface area contributed by atoms with Crippen molar-refractivity contribution in [1.82, 2.24) is 0 Å². The van der Waals surface area contributed by atoms with Crippen molar-refractivity contribution in [2.75, 3.05) is 6.61 Å². The third kappa shape index (κ3) is 4.42. The number of hydrogen-bond donors (Lipinski definition) is 0. The number of hydrogen-bond acceptors (Lipinski definition) is 1. The maximum atomic E-state index is 5.71. The first-order valence-electron chi connectivity index (χ1n) is 8.07. The molecule has 18 heavy (non-hydrogen) atoms. The maximum absolute atomic E-state index is 5.71. The van der Waals surface area contributed by atoms with Gasteiger partial charge in [0.15, 0.2) is 0 Å². The van der Waals surface area contributed by atoms with Gasteiger partial charge in [0, 0.05) is 6.61 Å². The zero-order valence-corrected chi connectivity index (χ0v) is 12.2. The maximum Gasteiger partial charge on any atom is 0.0575 e. The summed E-state index contributed by atoms with van der Waals surface area (Å²) in [5.74, 6) is 2.68. The lowest BCUT2D eigenvalue weighted by molar-refractivity contribution is 0.0302. The van der Waals surface area contributed by atoms with Crippen molar-refractivity contribution in [2.24, 2.45) is 17.8 Å². The zero-order chi connectivity index (χ0) is 12.8. The van der Waals surface area contributed by atoms with Crippen LogP contribution in [0.25, 0.3) is 0 Å². The molecular weight excluding hydrogens is 220 g/mol. The average molecular weight is 250 g/mol. The highest BCUT2D eigenvalue weighted by molar-refractivity contribution is 4.96. The van der Waals surface area contributed by atoms with Crippen LogP contribution in [-0.4, -0.2) is 12.7 Å². The Morgan fingerprint density at radius 1 is 0.833 bits per heavy atom. The van der Waals surface area contributed by atoms with Gasteiger partial charge < -0.3 is 4.74 Å². The van der Waals surface area contributed by atoms with E-state index in [0.29, 0.717) is 6.10 Å². The SMILES string of the molecule is CCOC1CCC(C=CC2CCC(C)CC2)CC1. The molecule has 1 nitrogen and oxygen atoms in total. The van der Waals surface area contributed by atoms with E-state index in [-0.39, 0.29) is 0 Å². The summed E-state index contributed by atoms with van der Waals surface area (Å²) in [6.45, 7) is 5.39. The molecule has 2 aliphatic rings. The van der Waals surface area contributed by atoms with Gasteiger partial charge in [0.1, 0.15) is 0 Å². The molecule has 2 rings (SSSR count). The topological polar surface area (TPSA) is 9.23 Å². The molecule has 1 heteroatoms. The fraction of sp³-hybridized carbons (Fsp3) is 0.882. The summed E-state index contributed by atoms with van der Waals surface area (Å²) in [5.41, 5.74) is 0. The first-order chi connectivity index (χ1) is 8.78. The van der Waals surface area contributed by atoms with E-state index in [1.54, 1.807) is 0 Å². The van der Waals surface area contributed by atoms with E-state index in [1.165, 1.54) is 51.4 Å². The minimum absolute atomic E-state index is 0.551. The predicted octanol–water partition coefficient (Wildman–Crippen LogP) is 4.96. The van der Waals surface area contributed by atoms with E-state index in [4.69, 9.17) is 4.74 Å². The first-order valence-corrected chi connectivity index (χ1v) is 8.07. The summed E-state index contributed by atoms with van der Waals surface area (Å²) in [7, 11) is 0. The summed E-state index contributed by atoms with van der Waals surface area (Å²) >= 11 is 0. The lowest BCUT2D eigenvalue weighted by Gasteiger charge is -2.27. The van der Waals surface area contributed by atoms with E-state index in [0.717, 1.165) is 24.4 Å². The largest absolute Gasteiger partial charge is 0.379 e. The Hall–Kier alpha value is -0.300. The Kier molecular flexibility index (Phi) is 5.75. The zero-order valence-electron chi connectivity index (χ0n) is 12.2. The molecule has 0 amide bonds. The summed E-state index contributed by atoms with van der Waals surface area (Å²) < 4.78 is 5.71. The van der Waals surface area contributed by atoms with Crippen LogP contribution >= 0.6 is 0 Å². The highest BCUT2D eigenvalue weighted by Gasteiger charge is 2.20. The first kappa shape index (κ1) is 14.1. The second-order valence-corrected chi connectivity index (χ2v) is 6.40. The van der Waals surface area contributed by atoms with Gasteiger partial charge >= 0.3 is 0 Å². The van der Waals surface area contributed by atoms with Gasteiger partial charge in [-0.25, -0.2) is 0 Å². The minimum Gasteiger partial charge on any atom is -0.379 e. The van der Waals surface area contributed by atoms with Gasteiger partial charge in [-0.05, 0) is 63.2 Å². The molecule has 0 spiro atoms. The molecule has 0 aromatic carbocycles. The number of allylic oxidation sites excluding steroid dienone is 2. The second kappa shape index (κ2) is 7.33. The molecule has 2 aliphatic carbocycles. The van der Waals surface area contributed by atoms with Crippen LogP contribution in [0, 0.1) is 17.8 Å². The van der Waals surface area contributed by atoms with Gasteiger partial charge in [0.25, 0.3) is 0 Å². The van der Waals surface area contributed by atoms with Crippen LogP contribution in [-0.2, 0) is 4.74 Å². The molecule has 0 aromatic heterocycles. The second-order valence-electron chi connectivity index (χ2n) is 6.40. The van der Waals surface area contributed by atoms with Gasteiger partial charge in [-0.15, -0.1) is 0 Å². The molecule has 0 unspecified atom stereocenters. The average Bonchev–Trinajstić information content (AvgIpc) is 2.40. The fourth-order valence-electron chi connectivity index (χ4n) is 3.48. The Labute approximate surface area is 113 Å². The molecule has 0 aromatic rings. The van der Waals surface area contributed by atoms with Crippen LogP contribution in [0.15, 0.2) is 12.2 Å². The van der Waals surface area contributed by atoms with Gasteiger partial charge in [0.05, 0.1) is 6.10 Å². The Morgan fingerprint density at radius 3 is 1.83 bits per heavy atom. The van der Waals surface area contributed by atoms with E-state index >= 15 is 0 Å². The van der Waals surface area contributed by atoms with Crippen molar-refractivity contribution in [3.05, 3.63) is 12.2 Å². The summed E-state index contributed by atoms with van der Waals surface area (Å²) in [5, 5.41) is 0. The van der Waals surface area contributed by atoms with Gasteiger partial charge in [-0.3, -0.25) is 0 Å². The van der Waals surface area contributed by atoms with Gasteiger partial charge in [-0.1, -0.05) is 31.9 Å². The van der Waals surface area contributed by atoms with E-state index in [2.05, 4.69) is 26.0 Å². The summed E-state index contributed by atoms with van der Waals surface area (Å²) in [4.78, 5) is 0. The molecule has 0 aliphatic heterocycles. The van der Waals surface area contributed by atoms with Crippen molar-refractivity contribution in [2.45, 2.75) is 71.3 Å². The van der Waals surface area contributed by atoms with Crippen LogP contribution in [0.3, 0.4) is 0 Å². The molecule has 0 atom stereocenters. The van der Waals surface area contributed by atoms with Crippen LogP contribution in [0.1, 0.15) is 65.2 Å². The van der Waals surface area contributed by atoms with E-state index in [1.807, 2.05) is 0 Å². The fourth-order valence-corrected chi connectivity index (χ4v) is 3.48. The van der Waals surface area contributed by atoms with Gasteiger partial charge in [0.2, 0.25) is 0 Å². The predicted molar refractivity (Wildman–Crippen MR) is 77.6 cm³/mol. The molecule has 2 fully saturated rings. The van der Waals surface area contributed by atoms with Crippen LogP contribution in [0.4, 0.5) is 0 Å². The number of ether oxygens (including phenoxy) is 1. The van der Waals surface area contributed by atoms with Crippen molar-refractivity contribution in [3.8, 4) is 0 Å². The van der Waals surface area contributed by atoms with Crippen molar-refractivity contribution < 1.29 is 4.74 Å². The lowest BCUT2D eigenvalue weighted by Crippen LogP contribution is -2.21. The summed E-state index contributed by atoms with van der Waals surface area (Å²) in [6.07, 6.45) is 16.6. The van der Waals surface area contributed by atoms with Crippen LogP contribution < -0.4 is 0 Å². The third-order valence-corrected chi connectivity index (χ3v) is 4.84. The number of rotatable bonds is 4. The van der Waals surface area contributed by atoms with Crippen molar-refractivity contribution in [3.63, 3.8) is 0 Å². The third-order valence-electron chi connectivity index (χ3n) is 4.84. The monoisotopic (exact) mass is 250 g/mol. The smallest absolute Gasteiger partial charge is 0.0575 e. The Bertz CT molecular complexity index is 242. The molecular formula is C17H30O. The van der Waals surface area contributed by atoms with Gasteiger partial charge in [-0.2, -0.15) is 0 Å². The Morgan fingerprint density at radius 2 is 1.33 bits per heavy atom. The molecule has 0 bridgehead atoms. The van der Waals surface area contributed by atoms with E-state index < -0.39 is 0 Å². The standard InChI is InChI=1S/C17H30O/c1-3-18-17-12-10-16(11-13-17)9-8-15-6-4-14(2)5-7-15/h8-9,14-17H,3-7,10-13H2,1-2H3. The summed E-state index contributed by atoms with van der Waals surface area (Å²) in [6, 6.07) is 0. The highest BCUT2D eigenvalue weighted by atomic mass is 16.5. The highest BCUT2D eigenvalue weighted by Crippen LogP contribution is 2.31. The molecule has 0 heterocycles. The molecule has 0 N–H and O–H groups in total. The lowest BCUT2D eigenvalue weighted by atomic mass is 9.81. The minimum atomic E-state index is 0.551. The van der Waals surface area contributed by atoms with Crippen molar-refractivity contribution >= 4 is 0 Å². The normalized spacial score (nSPS) is 38.1. The van der Waals surface area contributed by atoms with Crippen molar-refractivity contribution in [1.29, 1.82) is 0 Å². The molecule has 2 saturated carbocycles. The molecule has 0 radical (unpaired) electrons. The van der Waals surface area contributed by atoms with E-state index in [9.17, 15) is 0 Å².